The summed E-state index contributed by atoms with van der Waals surface area (Å²) in [5.74, 6) is 0. The molecular formula is C8H16ClNO2S. The summed E-state index contributed by atoms with van der Waals surface area (Å²) >= 11 is 5.43. The Hall–Kier alpha value is 0.200. The normalized spacial score (nSPS) is 31.9. The third-order valence-electron chi connectivity index (χ3n) is 2.57. The van der Waals surface area contributed by atoms with Crippen LogP contribution >= 0.6 is 11.6 Å². The van der Waals surface area contributed by atoms with Crippen molar-refractivity contribution in [3.63, 3.8) is 0 Å². The van der Waals surface area contributed by atoms with Gasteiger partial charge in [0.1, 0.15) is 5.21 Å². The average Bonchev–Trinajstić information content (AvgIpc) is 2.03. The quantitative estimate of drug-likeness (QED) is 0.672. The van der Waals surface area contributed by atoms with Crippen LogP contribution in [-0.4, -0.2) is 30.0 Å². The van der Waals surface area contributed by atoms with Crippen LogP contribution in [0.1, 0.15) is 33.1 Å². The number of alkyl halides is 1. The van der Waals surface area contributed by atoms with E-state index in [9.17, 15) is 8.42 Å². The third-order valence-corrected chi connectivity index (χ3v) is 5.04. The maximum Gasteiger partial charge on any atom is 0.228 e. The molecule has 78 valence electrons. The molecule has 5 heteroatoms. The van der Waals surface area contributed by atoms with Gasteiger partial charge in [-0.25, -0.2) is 8.42 Å². The molecule has 0 aliphatic carbocycles. The molecule has 1 fully saturated rings. The lowest BCUT2D eigenvalue weighted by Crippen LogP contribution is -2.47. The van der Waals surface area contributed by atoms with Crippen molar-refractivity contribution in [2.75, 3.05) is 5.21 Å². The molecular weight excluding hydrogens is 210 g/mol. The number of hydrogen-bond donors (Lipinski definition) is 0. The molecule has 0 radical (unpaired) electrons. The predicted octanol–water partition coefficient (Wildman–Crippen LogP) is 1.78. The molecule has 0 unspecified atom stereocenters. The van der Waals surface area contributed by atoms with Gasteiger partial charge in [-0.3, -0.25) is 0 Å². The lowest BCUT2D eigenvalue weighted by Gasteiger charge is -2.37. The van der Waals surface area contributed by atoms with Gasteiger partial charge in [-0.05, 0) is 26.7 Å². The molecule has 0 aromatic rings. The Morgan fingerprint density at radius 2 is 1.77 bits per heavy atom. The van der Waals surface area contributed by atoms with Gasteiger partial charge in [0.25, 0.3) is 0 Å². The monoisotopic (exact) mass is 225 g/mol. The Morgan fingerprint density at radius 3 is 2.15 bits per heavy atom. The highest BCUT2D eigenvalue weighted by molar-refractivity contribution is 7.90. The zero-order valence-electron chi connectivity index (χ0n) is 8.03. The summed E-state index contributed by atoms with van der Waals surface area (Å²) in [6.45, 7) is 3.89. The Balaban J connectivity index is 2.86. The molecule has 0 bridgehead atoms. The number of sulfonamides is 1. The fourth-order valence-corrected chi connectivity index (χ4v) is 3.76. The van der Waals surface area contributed by atoms with Gasteiger partial charge in [0.2, 0.25) is 10.0 Å². The van der Waals surface area contributed by atoms with Crippen LogP contribution < -0.4 is 0 Å². The Kier molecular flexibility index (Phi) is 3.60. The van der Waals surface area contributed by atoms with Crippen molar-refractivity contribution in [1.29, 1.82) is 0 Å². The van der Waals surface area contributed by atoms with Crippen molar-refractivity contribution >= 4 is 21.6 Å². The molecule has 0 saturated carbocycles. The van der Waals surface area contributed by atoms with E-state index in [0.29, 0.717) is 0 Å². The standard InChI is InChI=1S/C8H16ClNO2S/c1-7-4-3-5-8(2)10(7)13(11,12)6-9/h7-8H,3-6H2,1-2H3/t7-,8+. The molecule has 0 amide bonds. The molecule has 0 aromatic heterocycles. The number of rotatable bonds is 2. The maximum atomic E-state index is 11.6. The topological polar surface area (TPSA) is 37.4 Å². The second-order valence-electron chi connectivity index (χ2n) is 3.68. The summed E-state index contributed by atoms with van der Waals surface area (Å²) in [6.07, 6.45) is 3.00. The molecule has 0 N–H and O–H groups in total. The predicted molar refractivity (Wildman–Crippen MR) is 54.3 cm³/mol. The first-order valence-electron chi connectivity index (χ1n) is 4.56. The zero-order chi connectivity index (χ0) is 10.1. The van der Waals surface area contributed by atoms with E-state index in [1.165, 1.54) is 0 Å². The molecule has 2 atom stereocenters. The summed E-state index contributed by atoms with van der Waals surface area (Å²) in [4.78, 5) is 0. The van der Waals surface area contributed by atoms with Gasteiger partial charge in [0.05, 0.1) is 0 Å². The Morgan fingerprint density at radius 1 is 1.31 bits per heavy atom. The Labute approximate surface area is 85.1 Å². The molecule has 1 saturated heterocycles. The Bertz CT molecular complexity index is 255. The van der Waals surface area contributed by atoms with E-state index in [1.807, 2.05) is 13.8 Å². The first kappa shape index (κ1) is 11.3. The van der Waals surface area contributed by atoms with Gasteiger partial charge >= 0.3 is 0 Å². The number of halogens is 1. The SMILES string of the molecule is C[C@@H]1CCC[C@H](C)N1S(=O)(=O)CCl. The highest BCUT2D eigenvalue weighted by atomic mass is 35.5. The first-order valence-corrected chi connectivity index (χ1v) is 6.70. The second-order valence-corrected chi connectivity index (χ2v) is 6.14. The van der Waals surface area contributed by atoms with Crippen molar-refractivity contribution in [3.05, 3.63) is 0 Å². The van der Waals surface area contributed by atoms with E-state index < -0.39 is 10.0 Å². The van der Waals surface area contributed by atoms with Crippen molar-refractivity contribution < 1.29 is 8.42 Å². The van der Waals surface area contributed by atoms with Crippen LogP contribution in [0.15, 0.2) is 0 Å². The van der Waals surface area contributed by atoms with Gasteiger partial charge in [-0.15, -0.1) is 11.6 Å². The molecule has 0 aromatic carbocycles. The second kappa shape index (κ2) is 4.15. The smallest absolute Gasteiger partial charge is 0.211 e. The van der Waals surface area contributed by atoms with Gasteiger partial charge in [-0.2, -0.15) is 4.31 Å². The molecule has 13 heavy (non-hydrogen) atoms. The van der Waals surface area contributed by atoms with Crippen LogP contribution in [0, 0.1) is 0 Å². The lowest BCUT2D eigenvalue weighted by atomic mass is 10.0. The van der Waals surface area contributed by atoms with Gasteiger partial charge < -0.3 is 0 Å². The van der Waals surface area contributed by atoms with Crippen molar-refractivity contribution in [3.8, 4) is 0 Å². The van der Waals surface area contributed by atoms with Crippen LogP contribution in [0.3, 0.4) is 0 Å². The molecule has 0 spiro atoms. The number of hydrogen-bond acceptors (Lipinski definition) is 2. The average molecular weight is 226 g/mol. The summed E-state index contributed by atoms with van der Waals surface area (Å²) in [5.41, 5.74) is 0. The molecule has 1 aliphatic rings. The van der Waals surface area contributed by atoms with Crippen LogP contribution in [0.5, 0.6) is 0 Å². The zero-order valence-corrected chi connectivity index (χ0v) is 9.61. The summed E-state index contributed by atoms with van der Waals surface area (Å²) in [5, 5.41) is -0.304. The molecule has 1 aliphatic heterocycles. The van der Waals surface area contributed by atoms with E-state index in [4.69, 9.17) is 11.6 Å². The summed E-state index contributed by atoms with van der Waals surface area (Å²) in [7, 11) is -3.22. The van der Waals surface area contributed by atoms with Crippen LogP contribution in [0.4, 0.5) is 0 Å². The van der Waals surface area contributed by atoms with E-state index in [-0.39, 0.29) is 17.3 Å². The van der Waals surface area contributed by atoms with Gasteiger partial charge in [0, 0.05) is 12.1 Å². The van der Waals surface area contributed by atoms with E-state index in [1.54, 1.807) is 4.31 Å². The van der Waals surface area contributed by atoms with Crippen molar-refractivity contribution in [2.45, 2.75) is 45.2 Å². The van der Waals surface area contributed by atoms with Crippen LogP contribution in [0.25, 0.3) is 0 Å². The van der Waals surface area contributed by atoms with Gasteiger partial charge in [-0.1, -0.05) is 6.42 Å². The number of piperidine rings is 1. The first-order chi connectivity index (χ1) is 5.99. The maximum absolute atomic E-state index is 11.6. The van der Waals surface area contributed by atoms with E-state index >= 15 is 0 Å². The number of nitrogens with zero attached hydrogens (tertiary/aromatic N) is 1. The summed E-state index contributed by atoms with van der Waals surface area (Å²) in [6, 6.07) is 0.208. The van der Waals surface area contributed by atoms with Crippen molar-refractivity contribution in [1.82, 2.24) is 4.31 Å². The van der Waals surface area contributed by atoms with Crippen LogP contribution in [-0.2, 0) is 10.0 Å². The lowest BCUT2D eigenvalue weighted by molar-refractivity contribution is 0.205. The largest absolute Gasteiger partial charge is 0.228 e. The summed E-state index contributed by atoms with van der Waals surface area (Å²) < 4.78 is 24.7. The van der Waals surface area contributed by atoms with E-state index in [2.05, 4.69) is 0 Å². The molecule has 1 rings (SSSR count). The minimum Gasteiger partial charge on any atom is -0.211 e. The third kappa shape index (κ3) is 2.36. The minimum absolute atomic E-state index is 0.104. The highest BCUT2D eigenvalue weighted by Gasteiger charge is 2.33. The van der Waals surface area contributed by atoms with E-state index in [0.717, 1.165) is 19.3 Å². The molecule has 3 nitrogen and oxygen atoms in total. The molecule has 1 heterocycles. The fourth-order valence-electron chi connectivity index (χ4n) is 2.00. The van der Waals surface area contributed by atoms with Gasteiger partial charge in [0.15, 0.2) is 0 Å². The highest BCUT2D eigenvalue weighted by Crippen LogP contribution is 2.25. The van der Waals surface area contributed by atoms with Crippen molar-refractivity contribution in [2.24, 2.45) is 0 Å². The fraction of sp³-hybridized carbons (Fsp3) is 1.00. The minimum atomic E-state index is -3.22. The van der Waals surface area contributed by atoms with Crippen LogP contribution in [0.2, 0.25) is 0 Å².